The Morgan fingerprint density at radius 2 is 1.43 bits per heavy atom. The van der Waals surface area contributed by atoms with Crippen LogP contribution in [0.5, 0.6) is 23.0 Å². The molecule has 0 atom stereocenters. The van der Waals surface area contributed by atoms with Crippen LogP contribution in [0.2, 0.25) is 5.02 Å². The highest BCUT2D eigenvalue weighted by atomic mass is 35.5. The first-order valence-corrected chi connectivity index (χ1v) is 7.37. The van der Waals surface area contributed by atoms with E-state index in [9.17, 15) is 0 Å². The van der Waals surface area contributed by atoms with Gasteiger partial charge in [0.25, 0.3) is 0 Å². The first-order valence-electron chi connectivity index (χ1n) is 6.99. The zero-order valence-corrected chi connectivity index (χ0v) is 14.4. The van der Waals surface area contributed by atoms with Gasteiger partial charge in [0, 0.05) is 12.2 Å². The van der Waals surface area contributed by atoms with Crippen molar-refractivity contribution in [1.29, 1.82) is 0 Å². The highest BCUT2D eigenvalue weighted by molar-refractivity contribution is 6.32. The third-order valence-corrected chi connectivity index (χ3v) is 3.67. The van der Waals surface area contributed by atoms with Crippen molar-refractivity contribution < 1.29 is 18.9 Å². The van der Waals surface area contributed by atoms with Crippen molar-refractivity contribution >= 4 is 17.3 Å². The quantitative estimate of drug-likeness (QED) is 0.828. The van der Waals surface area contributed by atoms with Gasteiger partial charge in [-0.2, -0.15) is 0 Å². The van der Waals surface area contributed by atoms with Gasteiger partial charge in [-0.15, -0.1) is 0 Å². The largest absolute Gasteiger partial charge is 0.495 e. The van der Waals surface area contributed by atoms with Crippen molar-refractivity contribution in [3.63, 3.8) is 0 Å². The van der Waals surface area contributed by atoms with Gasteiger partial charge in [-0.3, -0.25) is 0 Å². The topological polar surface area (TPSA) is 49.0 Å². The monoisotopic (exact) mass is 337 g/mol. The third kappa shape index (κ3) is 3.93. The van der Waals surface area contributed by atoms with Crippen molar-refractivity contribution in [2.75, 3.05) is 33.8 Å². The molecule has 0 saturated carbocycles. The van der Waals surface area contributed by atoms with E-state index >= 15 is 0 Å². The number of rotatable bonds is 7. The summed E-state index contributed by atoms with van der Waals surface area (Å²) < 4.78 is 21.2. The summed E-state index contributed by atoms with van der Waals surface area (Å²) in [5.41, 5.74) is 1.89. The Hall–Kier alpha value is -2.27. The maximum absolute atomic E-state index is 6.12. The normalized spacial score (nSPS) is 10.1. The van der Waals surface area contributed by atoms with E-state index in [0.29, 0.717) is 34.6 Å². The fourth-order valence-electron chi connectivity index (χ4n) is 2.22. The van der Waals surface area contributed by atoms with Gasteiger partial charge in [0.15, 0.2) is 11.5 Å². The van der Waals surface area contributed by atoms with E-state index in [-0.39, 0.29) is 0 Å². The van der Waals surface area contributed by atoms with E-state index in [4.69, 9.17) is 30.5 Å². The minimum absolute atomic E-state index is 0.558. The van der Waals surface area contributed by atoms with E-state index < -0.39 is 0 Å². The van der Waals surface area contributed by atoms with Gasteiger partial charge in [-0.05, 0) is 35.9 Å². The third-order valence-electron chi connectivity index (χ3n) is 3.37. The Kier molecular flexibility index (Phi) is 5.82. The zero-order chi connectivity index (χ0) is 16.8. The number of halogens is 1. The van der Waals surface area contributed by atoms with E-state index in [1.807, 2.05) is 30.3 Å². The minimum atomic E-state index is 0.558. The van der Waals surface area contributed by atoms with Crippen LogP contribution in [0.1, 0.15) is 5.56 Å². The summed E-state index contributed by atoms with van der Waals surface area (Å²) in [6.45, 7) is 0.583. The average molecular weight is 338 g/mol. The standard InChI is InChI=1S/C17H20ClNO4/c1-20-14-6-5-12(9-13(14)18)19-10-11-7-15(21-2)17(23-4)16(8-11)22-3/h5-9,19H,10H2,1-4H3. The second kappa shape index (κ2) is 7.83. The zero-order valence-electron chi connectivity index (χ0n) is 13.6. The second-order valence-electron chi connectivity index (χ2n) is 4.74. The molecule has 0 unspecified atom stereocenters. The number of ether oxygens (including phenoxy) is 4. The van der Waals surface area contributed by atoms with Crippen LogP contribution in [0.4, 0.5) is 5.69 Å². The predicted molar refractivity (Wildman–Crippen MR) is 91.4 cm³/mol. The molecule has 0 radical (unpaired) electrons. The Balaban J connectivity index is 2.18. The van der Waals surface area contributed by atoms with E-state index in [1.165, 1.54) is 0 Å². The number of hydrogen-bond donors (Lipinski definition) is 1. The molecule has 0 aliphatic heterocycles. The molecule has 6 heteroatoms. The number of hydrogen-bond acceptors (Lipinski definition) is 5. The van der Waals surface area contributed by atoms with Crippen molar-refractivity contribution in [1.82, 2.24) is 0 Å². The molecular weight excluding hydrogens is 318 g/mol. The van der Waals surface area contributed by atoms with Crippen LogP contribution in [-0.2, 0) is 6.54 Å². The van der Waals surface area contributed by atoms with Crippen LogP contribution >= 0.6 is 11.6 Å². The first kappa shape index (κ1) is 17.1. The number of methoxy groups -OCH3 is 4. The van der Waals surface area contributed by atoms with Gasteiger partial charge in [-0.25, -0.2) is 0 Å². The first-order chi connectivity index (χ1) is 11.1. The van der Waals surface area contributed by atoms with Crippen molar-refractivity contribution in [2.45, 2.75) is 6.54 Å². The number of nitrogens with one attached hydrogen (secondary N) is 1. The molecule has 2 aromatic rings. The molecule has 0 fully saturated rings. The molecule has 0 aliphatic rings. The highest BCUT2D eigenvalue weighted by Crippen LogP contribution is 2.38. The summed E-state index contributed by atoms with van der Waals surface area (Å²) in [5.74, 6) is 2.46. The Morgan fingerprint density at radius 1 is 0.826 bits per heavy atom. The molecule has 23 heavy (non-hydrogen) atoms. The Labute approximate surface area is 141 Å². The van der Waals surface area contributed by atoms with Crippen LogP contribution in [-0.4, -0.2) is 28.4 Å². The van der Waals surface area contributed by atoms with Gasteiger partial charge in [0.1, 0.15) is 5.75 Å². The van der Waals surface area contributed by atoms with Crippen LogP contribution in [0.3, 0.4) is 0 Å². The average Bonchev–Trinajstić information content (AvgIpc) is 2.58. The van der Waals surface area contributed by atoms with Crippen LogP contribution in [0.15, 0.2) is 30.3 Å². The highest BCUT2D eigenvalue weighted by Gasteiger charge is 2.13. The lowest BCUT2D eigenvalue weighted by Crippen LogP contribution is -2.02. The summed E-state index contributed by atoms with van der Waals surface area (Å²) >= 11 is 6.12. The fraction of sp³-hybridized carbons (Fsp3) is 0.294. The molecule has 0 saturated heterocycles. The number of benzene rings is 2. The second-order valence-corrected chi connectivity index (χ2v) is 5.14. The van der Waals surface area contributed by atoms with E-state index in [2.05, 4.69) is 5.32 Å². The molecule has 0 amide bonds. The van der Waals surface area contributed by atoms with Crippen LogP contribution in [0, 0.1) is 0 Å². The fourth-order valence-corrected chi connectivity index (χ4v) is 2.48. The van der Waals surface area contributed by atoms with Crippen molar-refractivity contribution in [2.24, 2.45) is 0 Å². The lowest BCUT2D eigenvalue weighted by atomic mass is 10.1. The van der Waals surface area contributed by atoms with Gasteiger partial charge in [0.2, 0.25) is 5.75 Å². The summed E-state index contributed by atoms with van der Waals surface area (Å²) in [6.07, 6.45) is 0. The van der Waals surface area contributed by atoms with Gasteiger partial charge in [0.05, 0.1) is 33.5 Å². The van der Waals surface area contributed by atoms with Gasteiger partial charge < -0.3 is 24.3 Å². The Morgan fingerprint density at radius 3 is 1.91 bits per heavy atom. The summed E-state index contributed by atoms with van der Waals surface area (Å²) in [7, 11) is 6.36. The summed E-state index contributed by atoms with van der Waals surface area (Å²) in [6, 6.07) is 9.35. The number of anilines is 1. The van der Waals surface area contributed by atoms with Gasteiger partial charge >= 0.3 is 0 Å². The lowest BCUT2D eigenvalue weighted by Gasteiger charge is -2.15. The molecule has 0 bridgehead atoms. The van der Waals surface area contributed by atoms with Crippen molar-refractivity contribution in [3.8, 4) is 23.0 Å². The van der Waals surface area contributed by atoms with Crippen LogP contribution < -0.4 is 24.3 Å². The molecule has 1 N–H and O–H groups in total. The molecule has 124 valence electrons. The maximum Gasteiger partial charge on any atom is 0.203 e. The molecule has 2 rings (SSSR count). The molecular formula is C17H20ClNO4. The van der Waals surface area contributed by atoms with Gasteiger partial charge in [-0.1, -0.05) is 11.6 Å². The predicted octanol–water partition coefficient (Wildman–Crippen LogP) is 3.99. The molecule has 0 aliphatic carbocycles. The molecule has 0 spiro atoms. The molecule has 0 aromatic heterocycles. The SMILES string of the molecule is COc1ccc(NCc2cc(OC)c(OC)c(OC)c2)cc1Cl. The maximum atomic E-state index is 6.12. The van der Waals surface area contributed by atoms with E-state index in [0.717, 1.165) is 11.3 Å². The van der Waals surface area contributed by atoms with Crippen LogP contribution in [0.25, 0.3) is 0 Å². The lowest BCUT2D eigenvalue weighted by molar-refractivity contribution is 0.324. The summed E-state index contributed by atoms with van der Waals surface area (Å²) in [5, 5.41) is 3.86. The smallest absolute Gasteiger partial charge is 0.203 e. The van der Waals surface area contributed by atoms with Crippen molar-refractivity contribution in [3.05, 3.63) is 40.9 Å². The molecule has 2 aromatic carbocycles. The molecule has 0 heterocycles. The summed E-state index contributed by atoms with van der Waals surface area (Å²) in [4.78, 5) is 0. The Bertz CT molecular complexity index is 651. The van der Waals surface area contributed by atoms with E-state index in [1.54, 1.807) is 28.4 Å². The minimum Gasteiger partial charge on any atom is -0.495 e. The molecule has 5 nitrogen and oxygen atoms in total.